The van der Waals surface area contributed by atoms with Crippen molar-refractivity contribution >= 4 is 21.6 Å². The number of hydrogen-bond acceptors (Lipinski definition) is 3. The quantitative estimate of drug-likeness (QED) is 0.834. The van der Waals surface area contributed by atoms with Crippen LogP contribution in [0.2, 0.25) is 5.02 Å². The van der Waals surface area contributed by atoms with E-state index in [1.165, 1.54) is 0 Å². The summed E-state index contributed by atoms with van der Waals surface area (Å²) < 4.78 is 23.8. The zero-order valence-corrected chi connectivity index (χ0v) is 9.72. The van der Waals surface area contributed by atoms with E-state index in [0.29, 0.717) is 10.6 Å². The van der Waals surface area contributed by atoms with E-state index in [0.717, 1.165) is 6.26 Å². The lowest BCUT2D eigenvalue weighted by Crippen LogP contribution is -2.27. The summed E-state index contributed by atoms with van der Waals surface area (Å²) in [5, 5.41) is 10.2. The molecule has 0 spiro atoms. The van der Waals surface area contributed by atoms with Crippen LogP contribution in [0.25, 0.3) is 0 Å². The van der Waals surface area contributed by atoms with Gasteiger partial charge in [-0.3, -0.25) is 0 Å². The van der Waals surface area contributed by atoms with Crippen LogP contribution in [0.3, 0.4) is 0 Å². The van der Waals surface area contributed by atoms with Gasteiger partial charge in [-0.25, -0.2) is 13.1 Å². The molecule has 0 amide bonds. The molecule has 0 aliphatic carbocycles. The van der Waals surface area contributed by atoms with E-state index < -0.39 is 16.1 Å². The van der Waals surface area contributed by atoms with Gasteiger partial charge in [0.05, 0.1) is 12.4 Å². The third-order valence-electron chi connectivity index (χ3n) is 1.79. The summed E-state index contributed by atoms with van der Waals surface area (Å²) in [6.45, 7) is -0.0412. The first-order valence-corrected chi connectivity index (χ1v) is 6.53. The summed E-state index contributed by atoms with van der Waals surface area (Å²) in [6.07, 6.45) is 0.179. The van der Waals surface area contributed by atoms with Gasteiger partial charge in [0.1, 0.15) is 0 Å². The number of benzene rings is 1. The van der Waals surface area contributed by atoms with E-state index in [4.69, 9.17) is 11.6 Å². The molecule has 0 fully saturated rings. The highest BCUT2D eigenvalue weighted by atomic mass is 35.5. The van der Waals surface area contributed by atoms with Crippen LogP contribution in [0.5, 0.6) is 0 Å². The van der Waals surface area contributed by atoms with Crippen molar-refractivity contribution in [1.29, 1.82) is 0 Å². The van der Waals surface area contributed by atoms with Crippen molar-refractivity contribution in [3.05, 3.63) is 34.9 Å². The van der Waals surface area contributed by atoms with Crippen LogP contribution in [0, 0.1) is 0 Å². The fourth-order valence-corrected chi connectivity index (χ4v) is 1.62. The summed E-state index contributed by atoms with van der Waals surface area (Å²) >= 11 is 5.67. The summed E-state index contributed by atoms with van der Waals surface area (Å²) in [5.74, 6) is 0. The van der Waals surface area contributed by atoms with Crippen LogP contribution in [-0.2, 0) is 10.0 Å². The van der Waals surface area contributed by atoms with Crippen LogP contribution < -0.4 is 4.72 Å². The Kier molecular flexibility index (Phi) is 4.10. The summed E-state index contributed by atoms with van der Waals surface area (Å²) in [6, 6.07) is 6.58. The smallest absolute Gasteiger partial charge is 0.208 e. The third kappa shape index (κ3) is 4.61. The van der Waals surface area contributed by atoms with Gasteiger partial charge < -0.3 is 5.11 Å². The lowest BCUT2D eigenvalue weighted by Gasteiger charge is -2.10. The molecule has 0 aliphatic rings. The average Bonchev–Trinajstić information content (AvgIpc) is 2.14. The third-order valence-corrected chi connectivity index (χ3v) is 2.74. The summed E-state index contributed by atoms with van der Waals surface area (Å²) in [7, 11) is -3.27. The van der Waals surface area contributed by atoms with Gasteiger partial charge in [-0.15, -0.1) is 0 Å². The Morgan fingerprint density at radius 3 is 2.40 bits per heavy atom. The molecule has 0 heterocycles. The highest BCUT2D eigenvalue weighted by Crippen LogP contribution is 2.15. The van der Waals surface area contributed by atoms with Crippen molar-refractivity contribution in [3.8, 4) is 0 Å². The Morgan fingerprint density at radius 2 is 1.93 bits per heavy atom. The molecule has 6 heteroatoms. The zero-order chi connectivity index (χ0) is 11.5. The minimum Gasteiger partial charge on any atom is -0.387 e. The van der Waals surface area contributed by atoms with Crippen LogP contribution in [0.1, 0.15) is 11.7 Å². The predicted molar refractivity (Wildman–Crippen MR) is 59.3 cm³/mol. The predicted octanol–water partition coefficient (Wildman–Crippen LogP) is 0.923. The molecule has 4 nitrogen and oxygen atoms in total. The molecule has 1 aromatic rings. The first-order chi connectivity index (χ1) is 6.88. The van der Waals surface area contributed by atoms with Crippen LogP contribution in [0.4, 0.5) is 0 Å². The molecule has 1 unspecified atom stereocenters. The Balaban J connectivity index is 2.61. The van der Waals surface area contributed by atoms with Crippen molar-refractivity contribution in [2.75, 3.05) is 12.8 Å². The van der Waals surface area contributed by atoms with Crippen LogP contribution in [0.15, 0.2) is 24.3 Å². The maximum atomic E-state index is 10.8. The second-order valence-corrected chi connectivity index (χ2v) is 5.46. The largest absolute Gasteiger partial charge is 0.387 e. The lowest BCUT2D eigenvalue weighted by atomic mass is 10.1. The van der Waals surface area contributed by atoms with E-state index >= 15 is 0 Å². The number of aliphatic hydroxyl groups is 1. The lowest BCUT2D eigenvalue weighted by molar-refractivity contribution is 0.182. The molecule has 1 aromatic carbocycles. The first kappa shape index (κ1) is 12.4. The number of hydrogen-bond donors (Lipinski definition) is 2. The average molecular weight is 250 g/mol. The molecule has 0 saturated carbocycles. The molecule has 0 radical (unpaired) electrons. The van der Waals surface area contributed by atoms with Crippen molar-refractivity contribution in [2.45, 2.75) is 6.10 Å². The maximum Gasteiger partial charge on any atom is 0.208 e. The van der Waals surface area contributed by atoms with Gasteiger partial charge in [-0.1, -0.05) is 23.7 Å². The van der Waals surface area contributed by atoms with Gasteiger partial charge >= 0.3 is 0 Å². The minimum absolute atomic E-state index is 0.0412. The van der Waals surface area contributed by atoms with E-state index in [-0.39, 0.29) is 6.54 Å². The molecule has 1 atom stereocenters. The summed E-state index contributed by atoms with van der Waals surface area (Å²) in [5.41, 5.74) is 0.621. The van der Waals surface area contributed by atoms with Crippen molar-refractivity contribution < 1.29 is 13.5 Å². The molecule has 1 rings (SSSR count). The Hall–Kier alpha value is -0.620. The second kappa shape index (κ2) is 4.94. The second-order valence-electron chi connectivity index (χ2n) is 3.19. The van der Waals surface area contributed by atoms with E-state index in [1.807, 2.05) is 0 Å². The standard InChI is InChI=1S/C9H12ClNO3S/c1-15(13,14)11-6-9(12)7-2-4-8(10)5-3-7/h2-5,9,11-12H,6H2,1H3. The van der Waals surface area contributed by atoms with Gasteiger partial charge in [0, 0.05) is 11.6 Å². The molecule has 2 N–H and O–H groups in total. The molecule has 84 valence electrons. The van der Waals surface area contributed by atoms with Gasteiger partial charge in [0.25, 0.3) is 0 Å². The van der Waals surface area contributed by atoms with Crippen LogP contribution >= 0.6 is 11.6 Å². The Labute approximate surface area is 93.9 Å². The topological polar surface area (TPSA) is 66.4 Å². The highest BCUT2D eigenvalue weighted by molar-refractivity contribution is 7.88. The van der Waals surface area contributed by atoms with Gasteiger partial charge in [-0.05, 0) is 17.7 Å². The molecular formula is C9H12ClNO3S. The van der Waals surface area contributed by atoms with Crippen molar-refractivity contribution in [2.24, 2.45) is 0 Å². The fraction of sp³-hybridized carbons (Fsp3) is 0.333. The van der Waals surface area contributed by atoms with Gasteiger partial charge in [-0.2, -0.15) is 0 Å². The number of aliphatic hydroxyl groups excluding tert-OH is 1. The van der Waals surface area contributed by atoms with Crippen molar-refractivity contribution in [3.63, 3.8) is 0 Å². The number of halogens is 1. The normalized spacial score (nSPS) is 13.8. The van der Waals surface area contributed by atoms with Crippen molar-refractivity contribution in [1.82, 2.24) is 4.72 Å². The maximum absolute atomic E-state index is 10.8. The number of nitrogens with one attached hydrogen (secondary N) is 1. The SMILES string of the molecule is CS(=O)(=O)NCC(O)c1ccc(Cl)cc1. The molecular weight excluding hydrogens is 238 g/mol. The summed E-state index contributed by atoms with van der Waals surface area (Å²) in [4.78, 5) is 0. The van der Waals surface area contributed by atoms with Gasteiger partial charge in [0.15, 0.2) is 0 Å². The molecule has 0 bridgehead atoms. The number of sulfonamides is 1. The van der Waals surface area contributed by atoms with E-state index in [9.17, 15) is 13.5 Å². The molecule has 0 aliphatic heterocycles. The fourth-order valence-electron chi connectivity index (χ4n) is 1.03. The highest BCUT2D eigenvalue weighted by Gasteiger charge is 2.09. The Bertz CT molecular complexity index is 415. The molecule has 0 saturated heterocycles. The van der Waals surface area contributed by atoms with E-state index in [1.54, 1.807) is 24.3 Å². The zero-order valence-electron chi connectivity index (χ0n) is 8.14. The monoisotopic (exact) mass is 249 g/mol. The molecule has 0 aromatic heterocycles. The Morgan fingerprint density at radius 1 is 1.40 bits per heavy atom. The van der Waals surface area contributed by atoms with E-state index in [2.05, 4.69) is 4.72 Å². The molecule has 15 heavy (non-hydrogen) atoms. The number of rotatable bonds is 4. The van der Waals surface area contributed by atoms with Crippen LogP contribution in [-0.4, -0.2) is 26.3 Å². The minimum atomic E-state index is -3.27. The first-order valence-electron chi connectivity index (χ1n) is 4.26. The van der Waals surface area contributed by atoms with Gasteiger partial charge in [0.2, 0.25) is 10.0 Å².